The molecule has 0 aliphatic carbocycles. The maximum absolute atomic E-state index is 13.0. The summed E-state index contributed by atoms with van der Waals surface area (Å²) in [5.74, 6) is -0.223. The number of anilines is 1. The number of rotatable bonds is 3. The van der Waals surface area contributed by atoms with Gasteiger partial charge in [-0.25, -0.2) is 4.39 Å². The topological polar surface area (TPSA) is 24.4 Å². The molecule has 86 valence electrons. The molecule has 1 aromatic carbocycles. The summed E-state index contributed by atoms with van der Waals surface area (Å²) in [5, 5.41) is 4.63. The Balaban J connectivity index is 1.92. The Morgan fingerprint density at radius 3 is 3.19 bits per heavy atom. The standard InChI is InChI=1S/C12H15FN2S/c1-2-4-11-8-14-12(16-11)15-10-6-3-5-9(13)7-10/h3,5-7,11H,2,4,8H2,1H3,(H,14,15). The highest BCUT2D eigenvalue weighted by Gasteiger charge is 2.18. The quantitative estimate of drug-likeness (QED) is 0.871. The molecule has 0 saturated heterocycles. The lowest BCUT2D eigenvalue weighted by Gasteiger charge is -2.07. The SMILES string of the molecule is CCCC1CN=C(Nc2cccc(F)c2)S1. The van der Waals surface area contributed by atoms with Gasteiger partial charge in [-0.2, -0.15) is 0 Å². The van der Waals surface area contributed by atoms with Crippen molar-refractivity contribution < 1.29 is 4.39 Å². The lowest BCUT2D eigenvalue weighted by Crippen LogP contribution is -2.07. The van der Waals surface area contributed by atoms with Crippen LogP contribution in [0.2, 0.25) is 0 Å². The normalized spacial score (nSPS) is 19.6. The number of nitrogens with zero attached hydrogens (tertiary/aromatic N) is 1. The number of hydrogen-bond acceptors (Lipinski definition) is 3. The molecular weight excluding hydrogens is 223 g/mol. The van der Waals surface area contributed by atoms with E-state index in [1.54, 1.807) is 17.8 Å². The van der Waals surface area contributed by atoms with Crippen LogP contribution in [0.5, 0.6) is 0 Å². The minimum absolute atomic E-state index is 0.223. The van der Waals surface area contributed by atoms with Gasteiger partial charge in [-0.05, 0) is 24.6 Å². The van der Waals surface area contributed by atoms with Gasteiger partial charge in [0.2, 0.25) is 0 Å². The van der Waals surface area contributed by atoms with Gasteiger partial charge in [-0.1, -0.05) is 31.2 Å². The summed E-state index contributed by atoms with van der Waals surface area (Å²) >= 11 is 1.75. The number of nitrogens with one attached hydrogen (secondary N) is 1. The van der Waals surface area contributed by atoms with Crippen LogP contribution in [-0.4, -0.2) is 17.0 Å². The zero-order chi connectivity index (χ0) is 11.4. The maximum atomic E-state index is 13.0. The first-order valence-electron chi connectivity index (χ1n) is 5.51. The maximum Gasteiger partial charge on any atom is 0.161 e. The van der Waals surface area contributed by atoms with Gasteiger partial charge in [0.05, 0.1) is 6.54 Å². The molecule has 1 heterocycles. The average Bonchev–Trinajstić information content (AvgIpc) is 2.66. The van der Waals surface area contributed by atoms with Crippen LogP contribution in [0.3, 0.4) is 0 Å². The van der Waals surface area contributed by atoms with Crippen molar-refractivity contribution in [3.8, 4) is 0 Å². The largest absolute Gasteiger partial charge is 0.335 e. The molecule has 2 nitrogen and oxygen atoms in total. The summed E-state index contributed by atoms with van der Waals surface area (Å²) in [6, 6.07) is 6.46. The van der Waals surface area contributed by atoms with Gasteiger partial charge in [-0.15, -0.1) is 0 Å². The van der Waals surface area contributed by atoms with Gasteiger partial charge in [0.15, 0.2) is 5.17 Å². The number of halogens is 1. The second kappa shape index (κ2) is 5.34. The fraction of sp³-hybridized carbons (Fsp3) is 0.417. The Labute approximate surface area is 99.3 Å². The van der Waals surface area contributed by atoms with Crippen molar-refractivity contribution in [1.82, 2.24) is 0 Å². The van der Waals surface area contributed by atoms with Crippen LogP contribution >= 0.6 is 11.8 Å². The van der Waals surface area contributed by atoms with Crippen molar-refractivity contribution in [3.05, 3.63) is 30.1 Å². The Bertz CT molecular complexity index is 392. The van der Waals surface area contributed by atoms with Crippen LogP contribution in [0, 0.1) is 5.82 Å². The molecule has 0 aromatic heterocycles. The molecule has 1 N–H and O–H groups in total. The van der Waals surface area contributed by atoms with Gasteiger partial charge in [-0.3, -0.25) is 4.99 Å². The fourth-order valence-corrected chi connectivity index (χ4v) is 2.79. The van der Waals surface area contributed by atoms with E-state index >= 15 is 0 Å². The van der Waals surface area contributed by atoms with E-state index < -0.39 is 0 Å². The van der Waals surface area contributed by atoms with Crippen molar-refractivity contribution in [3.63, 3.8) is 0 Å². The molecule has 0 spiro atoms. The number of thioether (sulfide) groups is 1. The molecule has 0 bridgehead atoms. The summed E-state index contributed by atoms with van der Waals surface area (Å²) < 4.78 is 13.0. The molecular formula is C12H15FN2S. The van der Waals surface area contributed by atoms with E-state index in [1.807, 2.05) is 6.07 Å². The molecule has 1 aliphatic heterocycles. The van der Waals surface area contributed by atoms with Crippen molar-refractivity contribution in [2.45, 2.75) is 25.0 Å². The van der Waals surface area contributed by atoms with Gasteiger partial charge in [0.1, 0.15) is 5.82 Å². The third kappa shape index (κ3) is 2.98. The number of amidine groups is 1. The summed E-state index contributed by atoms with van der Waals surface area (Å²) in [4.78, 5) is 4.41. The van der Waals surface area contributed by atoms with Crippen LogP contribution in [0.25, 0.3) is 0 Å². The van der Waals surface area contributed by atoms with Gasteiger partial charge >= 0.3 is 0 Å². The molecule has 0 radical (unpaired) electrons. The summed E-state index contributed by atoms with van der Waals surface area (Å²) in [6.45, 7) is 3.05. The molecule has 1 unspecified atom stereocenters. The molecule has 0 fully saturated rings. The van der Waals surface area contributed by atoms with Crippen molar-refractivity contribution in [1.29, 1.82) is 0 Å². The predicted octanol–water partition coefficient (Wildman–Crippen LogP) is 3.51. The molecule has 2 rings (SSSR count). The second-order valence-corrected chi connectivity index (χ2v) is 5.10. The first-order chi connectivity index (χ1) is 7.78. The highest BCUT2D eigenvalue weighted by molar-refractivity contribution is 8.15. The molecule has 0 amide bonds. The van der Waals surface area contributed by atoms with Crippen LogP contribution in [0.4, 0.5) is 10.1 Å². The predicted molar refractivity (Wildman–Crippen MR) is 68.6 cm³/mol. The monoisotopic (exact) mass is 238 g/mol. The molecule has 1 aliphatic rings. The van der Waals surface area contributed by atoms with Crippen molar-refractivity contribution >= 4 is 22.6 Å². The highest BCUT2D eigenvalue weighted by Crippen LogP contribution is 2.25. The molecule has 16 heavy (non-hydrogen) atoms. The summed E-state index contributed by atoms with van der Waals surface area (Å²) in [5.41, 5.74) is 0.767. The molecule has 0 saturated carbocycles. The lowest BCUT2D eigenvalue weighted by molar-refractivity contribution is 0.628. The molecule has 1 aromatic rings. The lowest BCUT2D eigenvalue weighted by atomic mass is 10.2. The Hall–Kier alpha value is -1.03. The number of benzene rings is 1. The van der Waals surface area contributed by atoms with E-state index in [4.69, 9.17) is 0 Å². The van der Waals surface area contributed by atoms with E-state index in [9.17, 15) is 4.39 Å². The fourth-order valence-electron chi connectivity index (χ4n) is 1.65. The van der Waals surface area contributed by atoms with Crippen LogP contribution < -0.4 is 5.32 Å². The van der Waals surface area contributed by atoms with Gasteiger partial charge < -0.3 is 5.32 Å². The van der Waals surface area contributed by atoms with E-state index in [1.165, 1.54) is 25.0 Å². The van der Waals surface area contributed by atoms with Gasteiger partial charge in [0.25, 0.3) is 0 Å². The average molecular weight is 238 g/mol. The smallest absolute Gasteiger partial charge is 0.161 e. The summed E-state index contributed by atoms with van der Waals surface area (Å²) in [7, 11) is 0. The second-order valence-electron chi connectivity index (χ2n) is 3.81. The summed E-state index contributed by atoms with van der Waals surface area (Å²) in [6.07, 6.45) is 2.36. The van der Waals surface area contributed by atoms with Crippen LogP contribution in [0.15, 0.2) is 29.3 Å². The van der Waals surface area contributed by atoms with Crippen molar-refractivity contribution in [2.24, 2.45) is 4.99 Å². The Morgan fingerprint density at radius 1 is 1.56 bits per heavy atom. The van der Waals surface area contributed by atoms with Gasteiger partial charge in [0, 0.05) is 10.9 Å². The van der Waals surface area contributed by atoms with E-state index in [0.29, 0.717) is 5.25 Å². The molecule has 4 heteroatoms. The van der Waals surface area contributed by atoms with Crippen LogP contribution in [0.1, 0.15) is 19.8 Å². The van der Waals surface area contributed by atoms with Crippen LogP contribution in [-0.2, 0) is 0 Å². The molecule has 1 atom stereocenters. The van der Waals surface area contributed by atoms with E-state index in [-0.39, 0.29) is 5.82 Å². The minimum Gasteiger partial charge on any atom is -0.335 e. The third-order valence-electron chi connectivity index (χ3n) is 2.40. The first-order valence-corrected chi connectivity index (χ1v) is 6.39. The number of aliphatic imine (C=N–C) groups is 1. The first kappa shape index (κ1) is 11.5. The zero-order valence-electron chi connectivity index (χ0n) is 9.24. The third-order valence-corrected chi connectivity index (χ3v) is 3.58. The number of hydrogen-bond donors (Lipinski definition) is 1. The Morgan fingerprint density at radius 2 is 2.44 bits per heavy atom. The highest BCUT2D eigenvalue weighted by atomic mass is 32.2. The van der Waals surface area contributed by atoms with Crippen molar-refractivity contribution in [2.75, 3.05) is 11.9 Å². The zero-order valence-corrected chi connectivity index (χ0v) is 10.1. The van der Waals surface area contributed by atoms with E-state index in [2.05, 4.69) is 17.2 Å². The Kier molecular flexibility index (Phi) is 3.83. The van der Waals surface area contributed by atoms with E-state index in [0.717, 1.165) is 17.4 Å². The minimum atomic E-state index is -0.223.